The van der Waals surface area contributed by atoms with Gasteiger partial charge in [0, 0.05) is 17.6 Å². The van der Waals surface area contributed by atoms with Crippen LogP contribution >= 0.6 is 15.9 Å². The van der Waals surface area contributed by atoms with Gasteiger partial charge < -0.3 is 10.2 Å². The molecule has 1 rings (SSSR count). The monoisotopic (exact) mass is 338 g/mol. The van der Waals surface area contributed by atoms with Gasteiger partial charge in [0.2, 0.25) is 0 Å². The quantitative estimate of drug-likeness (QED) is 0.844. The van der Waals surface area contributed by atoms with Crippen molar-refractivity contribution in [3.05, 3.63) is 28.2 Å². The summed E-state index contributed by atoms with van der Waals surface area (Å²) in [5.41, 5.74) is 1.61. The summed E-state index contributed by atoms with van der Waals surface area (Å²) in [4.78, 5) is 1.35. The number of rotatable bonds is 6. The van der Waals surface area contributed by atoms with E-state index in [0.29, 0.717) is 29.7 Å². The van der Waals surface area contributed by atoms with E-state index in [2.05, 4.69) is 21.2 Å². The highest BCUT2D eigenvalue weighted by Crippen LogP contribution is 2.30. The van der Waals surface area contributed by atoms with E-state index in [0.717, 1.165) is 5.56 Å². The van der Waals surface area contributed by atoms with Gasteiger partial charge in [0.05, 0.1) is 5.69 Å². The molecule has 19 heavy (non-hydrogen) atoms. The molecule has 0 aromatic heterocycles. The summed E-state index contributed by atoms with van der Waals surface area (Å²) in [6.45, 7) is 2.01. The first-order valence-corrected chi connectivity index (χ1v) is 6.91. The zero-order valence-corrected chi connectivity index (χ0v) is 12.6. The molecule has 0 spiro atoms. The molecular formula is C13H18BrF3N2. The number of anilines is 1. The summed E-state index contributed by atoms with van der Waals surface area (Å²) in [6.07, 6.45) is -3.53. The third kappa shape index (κ3) is 5.40. The lowest BCUT2D eigenvalue weighted by Crippen LogP contribution is -2.35. The Bertz CT molecular complexity index is 407. The molecule has 2 nitrogen and oxygen atoms in total. The van der Waals surface area contributed by atoms with Crippen LogP contribution in [0.4, 0.5) is 18.9 Å². The minimum absolute atomic E-state index is 0.378. The van der Waals surface area contributed by atoms with Gasteiger partial charge in [0.15, 0.2) is 0 Å². The summed E-state index contributed by atoms with van der Waals surface area (Å²) >= 11 is 3.36. The summed E-state index contributed by atoms with van der Waals surface area (Å²) < 4.78 is 38.4. The van der Waals surface area contributed by atoms with Crippen molar-refractivity contribution in [3.8, 4) is 0 Å². The van der Waals surface area contributed by atoms with Gasteiger partial charge in [-0.1, -0.05) is 13.0 Å². The number of alkyl halides is 3. The molecule has 1 aromatic carbocycles. The topological polar surface area (TPSA) is 15.3 Å². The summed E-state index contributed by atoms with van der Waals surface area (Å²) in [5.74, 6) is 0. The van der Waals surface area contributed by atoms with Crippen LogP contribution in [0.2, 0.25) is 0 Å². The molecule has 108 valence electrons. The lowest BCUT2D eigenvalue weighted by molar-refractivity contribution is -0.119. The van der Waals surface area contributed by atoms with Crippen molar-refractivity contribution in [2.24, 2.45) is 0 Å². The molecule has 0 radical (unpaired) electrons. The Morgan fingerprint density at radius 3 is 2.47 bits per heavy atom. The Morgan fingerprint density at radius 1 is 1.32 bits per heavy atom. The highest BCUT2D eigenvalue weighted by Gasteiger charge is 2.31. The Balaban J connectivity index is 2.95. The third-order valence-electron chi connectivity index (χ3n) is 2.60. The molecule has 0 aliphatic rings. The molecule has 0 aliphatic carbocycles. The molecule has 6 heteroatoms. The Morgan fingerprint density at radius 2 is 2.00 bits per heavy atom. The molecule has 0 atom stereocenters. The van der Waals surface area contributed by atoms with Crippen LogP contribution in [-0.2, 0) is 6.54 Å². The SMILES string of the molecule is CCCN(CC(F)(F)F)c1ccc(CNC)cc1Br. The minimum atomic E-state index is -4.20. The van der Waals surface area contributed by atoms with E-state index in [1.54, 1.807) is 6.07 Å². The van der Waals surface area contributed by atoms with Crippen LogP contribution in [-0.4, -0.2) is 26.3 Å². The normalized spacial score (nSPS) is 11.7. The largest absolute Gasteiger partial charge is 0.405 e. The van der Waals surface area contributed by atoms with Crippen LogP contribution < -0.4 is 10.2 Å². The zero-order chi connectivity index (χ0) is 14.5. The van der Waals surface area contributed by atoms with Crippen molar-refractivity contribution in [1.82, 2.24) is 5.32 Å². The van der Waals surface area contributed by atoms with E-state index in [1.807, 2.05) is 26.1 Å². The van der Waals surface area contributed by atoms with Gasteiger partial charge in [-0.2, -0.15) is 13.2 Å². The average Bonchev–Trinajstić information content (AvgIpc) is 2.27. The van der Waals surface area contributed by atoms with Gasteiger partial charge in [0.1, 0.15) is 6.54 Å². The molecule has 0 heterocycles. The second-order valence-corrected chi connectivity index (χ2v) is 5.21. The van der Waals surface area contributed by atoms with E-state index in [9.17, 15) is 13.2 Å². The minimum Gasteiger partial charge on any atom is -0.362 e. The average molecular weight is 339 g/mol. The van der Waals surface area contributed by atoms with Gasteiger partial charge >= 0.3 is 6.18 Å². The Hall–Kier alpha value is -0.750. The molecular weight excluding hydrogens is 321 g/mol. The van der Waals surface area contributed by atoms with Crippen LogP contribution in [0.1, 0.15) is 18.9 Å². The van der Waals surface area contributed by atoms with Crippen LogP contribution in [0.3, 0.4) is 0 Å². The lowest BCUT2D eigenvalue weighted by Gasteiger charge is -2.26. The first kappa shape index (κ1) is 16.3. The van der Waals surface area contributed by atoms with Gasteiger partial charge in [-0.3, -0.25) is 0 Å². The van der Waals surface area contributed by atoms with Crippen molar-refractivity contribution < 1.29 is 13.2 Å². The van der Waals surface area contributed by atoms with Crippen molar-refractivity contribution in [3.63, 3.8) is 0 Å². The molecule has 0 saturated carbocycles. The van der Waals surface area contributed by atoms with Crippen LogP contribution in [0.15, 0.2) is 22.7 Å². The first-order chi connectivity index (χ1) is 8.87. The highest BCUT2D eigenvalue weighted by molar-refractivity contribution is 9.10. The van der Waals surface area contributed by atoms with Crippen LogP contribution in [0.5, 0.6) is 0 Å². The molecule has 0 unspecified atom stereocenters. The zero-order valence-electron chi connectivity index (χ0n) is 11.0. The maximum absolute atomic E-state index is 12.6. The smallest absolute Gasteiger partial charge is 0.362 e. The fourth-order valence-electron chi connectivity index (χ4n) is 1.89. The van der Waals surface area contributed by atoms with Gasteiger partial charge in [-0.05, 0) is 47.1 Å². The Labute approximate surface area is 120 Å². The molecule has 0 amide bonds. The maximum atomic E-state index is 12.6. The number of benzene rings is 1. The number of nitrogens with zero attached hydrogens (tertiary/aromatic N) is 1. The molecule has 0 bridgehead atoms. The molecule has 1 aromatic rings. The number of hydrogen-bond donors (Lipinski definition) is 1. The lowest BCUT2D eigenvalue weighted by atomic mass is 10.2. The van der Waals surface area contributed by atoms with Crippen molar-refractivity contribution in [2.75, 3.05) is 25.0 Å². The molecule has 0 fully saturated rings. The van der Waals surface area contributed by atoms with E-state index >= 15 is 0 Å². The van der Waals surface area contributed by atoms with Crippen LogP contribution in [0, 0.1) is 0 Å². The van der Waals surface area contributed by atoms with E-state index in [-0.39, 0.29) is 0 Å². The van der Waals surface area contributed by atoms with E-state index in [1.165, 1.54) is 4.90 Å². The van der Waals surface area contributed by atoms with Crippen molar-refractivity contribution in [1.29, 1.82) is 0 Å². The predicted octanol–water partition coefficient (Wildman–Crippen LogP) is 3.95. The second-order valence-electron chi connectivity index (χ2n) is 4.35. The summed E-state index contributed by atoms with van der Waals surface area (Å²) in [6, 6.07) is 5.43. The van der Waals surface area contributed by atoms with Crippen molar-refractivity contribution >= 4 is 21.6 Å². The fraction of sp³-hybridized carbons (Fsp3) is 0.538. The highest BCUT2D eigenvalue weighted by atomic mass is 79.9. The first-order valence-electron chi connectivity index (χ1n) is 6.12. The number of hydrogen-bond acceptors (Lipinski definition) is 2. The molecule has 1 N–H and O–H groups in total. The predicted molar refractivity (Wildman–Crippen MR) is 75.5 cm³/mol. The third-order valence-corrected chi connectivity index (χ3v) is 3.23. The molecule has 0 saturated heterocycles. The molecule has 0 aliphatic heterocycles. The summed E-state index contributed by atoms with van der Waals surface area (Å²) in [7, 11) is 1.83. The van der Waals surface area contributed by atoms with Gasteiger partial charge in [-0.25, -0.2) is 0 Å². The van der Waals surface area contributed by atoms with Crippen LogP contribution in [0.25, 0.3) is 0 Å². The van der Waals surface area contributed by atoms with E-state index in [4.69, 9.17) is 0 Å². The Kier molecular flexibility index (Phi) is 6.13. The fourth-order valence-corrected chi connectivity index (χ4v) is 2.57. The maximum Gasteiger partial charge on any atom is 0.405 e. The second kappa shape index (κ2) is 7.14. The van der Waals surface area contributed by atoms with Crippen molar-refractivity contribution in [2.45, 2.75) is 26.1 Å². The van der Waals surface area contributed by atoms with Gasteiger partial charge in [0.25, 0.3) is 0 Å². The number of nitrogens with one attached hydrogen (secondary N) is 1. The summed E-state index contributed by atoms with van der Waals surface area (Å²) in [5, 5.41) is 3.01. The van der Waals surface area contributed by atoms with E-state index < -0.39 is 12.7 Å². The number of halogens is 4. The van der Waals surface area contributed by atoms with Gasteiger partial charge in [-0.15, -0.1) is 0 Å². The standard InChI is InChI=1S/C13H18BrF3N2/c1-3-6-19(9-13(15,16)17)12-5-4-10(8-18-2)7-11(12)14/h4-5,7,18H,3,6,8-9H2,1-2H3.